The lowest BCUT2D eigenvalue weighted by molar-refractivity contribution is 0.415. The van der Waals surface area contributed by atoms with Crippen LogP contribution < -0.4 is 15.4 Å². The number of methoxy groups -OCH3 is 1. The van der Waals surface area contributed by atoms with Crippen molar-refractivity contribution in [3.8, 4) is 5.75 Å². The molecule has 100 valence electrons. The van der Waals surface area contributed by atoms with Crippen LogP contribution in [0, 0.1) is 0 Å². The standard InChI is InChI=1S/C16H20N2O/c1-11-12(2)18-16(13(3)17-11)10-7-14-5-8-15(19-4)9-6-14/h5-10,17-18H,1-4H3/b10-7+. The van der Waals surface area contributed by atoms with Crippen LogP contribution in [0.2, 0.25) is 0 Å². The highest BCUT2D eigenvalue weighted by atomic mass is 16.5. The largest absolute Gasteiger partial charge is 0.497 e. The summed E-state index contributed by atoms with van der Waals surface area (Å²) >= 11 is 0. The van der Waals surface area contributed by atoms with Crippen molar-refractivity contribution >= 4 is 6.08 Å². The van der Waals surface area contributed by atoms with Gasteiger partial charge in [-0.25, -0.2) is 0 Å². The lowest BCUT2D eigenvalue weighted by Gasteiger charge is -2.22. The first-order valence-corrected chi connectivity index (χ1v) is 6.34. The molecule has 0 aromatic heterocycles. The van der Waals surface area contributed by atoms with E-state index in [1.165, 1.54) is 5.70 Å². The second-order valence-corrected chi connectivity index (χ2v) is 4.65. The molecule has 0 atom stereocenters. The highest BCUT2D eigenvalue weighted by Crippen LogP contribution is 2.16. The maximum atomic E-state index is 5.14. The SMILES string of the molecule is COc1ccc(/C=C/C2=C(C)NC(C)=C(C)N2)cc1. The van der Waals surface area contributed by atoms with E-state index in [0.29, 0.717) is 0 Å². The van der Waals surface area contributed by atoms with Crippen LogP contribution in [0.15, 0.2) is 53.1 Å². The predicted octanol–water partition coefficient (Wildman–Crippen LogP) is 3.38. The van der Waals surface area contributed by atoms with Crippen molar-refractivity contribution in [1.29, 1.82) is 0 Å². The maximum absolute atomic E-state index is 5.14. The number of hydrogen-bond acceptors (Lipinski definition) is 3. The topological polar surface area (TPSA) is 33.3 Å². The summed E-state index contributed by atoms with van der Waals surface area (Å²) in [6.07, 6.45) is 4.17. The van der Waals surface area contributed by atoms with Crippen molar-refractivity contribution in [2.45, 2.75) is 20.8 Å². The van der Waals surface area contributed by atoms with Gasteiger partial charge in [0.25, 0.3) is 0 Å². The van der Waals surface area contributed by atoms with Crippen LogP contribution in [0.25, 0.3) is 6.08 Å². The van der Waals surface area contributed by atoms with E-state index in [1.807, 2.05) is 24.3 Å². The summed E-state index contributed by atoms with van der Waals surface area (Å²) in [5.74, 6) is 0.874. The summed E-state index contributed by atoms with van der Waals surface area (Å²) in [5, 5.41) is 6.75. The van der Waals surface area contributed by atoms with Crippen LogP contribution in [0.4, 0.5) is 0 Å². The zero-order valence-corrected chi connectivity index (χ0v) is 11.9. The Labute approximate surface area is 114 Å². The fourth-order valence-corrected chi connectivity index (χ4v) is 1.89. The first-order valence-electron chi connectivity index (χ1n) is 6.34. The molecule has 3 nitrogen and oxygen atoms in total. The molecule has 1 aliphatic rings. The van der Waals surface area contributed by atoms with Crippen LogP contribution in [-0.2, 0) is 0 Å². The third-order valence-electron chi connectivity index (χ3n) is 3.22. The molecule has 0 fully saturated rings. The Morgan fingerprint density at radius 2 is 1.47 bits per heavy atom. The van der Waals surface area contributed by atoms with Gasteiger partial charge in [0.05, 0.1) is 12.8 Å². The summed E-state index contributed by atoms with van der Waals surface area (Å²) in [6, 6.07) is 8.00. The summed E-state index contributed by atoms with van der Waals surface area (Å²) in [7, 11) is 1.67. The van der Waals surface area contributed by atoms with Crippen LogP contribution in [0.5, 0.6) is 5.75 Å². The van der Waals surface area contributed by atoms with Gasteiger partial charge < -0.3 is 15.4 Å². The van der Waals surface area contributed by atoms with Crippen LogP contribution in [-0.4, -0.2) is 7.11 Å². The van der Waals surface area contributed by atoms with Gasteiger partial charge in [-0.1, -0.05) is 18.2 Å². The average Bonchev–Trinajstić information content (AvgIpc) is 2.42. The van der Waals surface area contributed by atoms with E-state index in [9.17, 15) is 0 Å². The molecule has 2 N–H and O–H groups in total. The van der Waals surface area contributed by atoms with E-state index < -0.39 is 0 Å². The Hall–Kier alpha value is -2.16. The van der Waals surface area contributed by atoms with E-state index in [4.69, 9.17) is 4.74 Å². The fraction of sp³-hybridized carbons (Fsp3) is 0.250. The van der Waals surface area contributed by atoms with Crippen molar-refractivity contribution in [2.75, 3.05) is 7.11 Å². The highest BCUT2D eigenvalue weighted by molar-refractivity contribution is 5.55. The average molecular weight is 256 g/mol. The molecule has 19 heavy (non-hydrogen) atoms. The minimum Gasteiger partial charge on any atom is -0.497 e. The Morgan fingerprint density at radius 1 is 0.842 bits per heavy atom. The van der Waals surface area contributed by atoms with Gasteiger partial charge >= 0.3 is 0 Å². The van der Waals surface area contributed by atoms with E-state index in [1.54, 1.807) is 7.11 Å². The summed E-state index contributed by atoms with van der Waals surface area (Å²) < 4.78 is 5.14. The zero-order chi connectivity index (χ0) is 13.8. The molecule has 1 aliphatic heterocycles. The van der Waals surface area contributed by atoms with Gasteiger partial charge in [-0.05, 0) is 44.5 Å². The molecule has 2 rings (SSSR count). The van der Waals surface area contributed by atoms with E-state index in [-0.39, 0.29) is 0 Å². The van der Waals surface area contributed by atoms with E-state index >= 15 is 0 Å². The van der Waals surface area contributed by atoms with Crippen molar-refractivity contribution in [1.82, 2.24) is 10.6 Å². The third kappa shape index (κ3) is 3.19. The van der Waals surface area contributed by atoms with Crippen molar-refractivity contribution < 1.29 is 4.74 Å². The molecule has 1 aromatic carbocycles. The molecule has 0 saturated heterocycles. The molecule has 1 aromatic rings. The number of benzene rings is 1. The van der Waals surface area contributed by atoms with E-state index in [2.05, 4.69) is 43.6 Å². The maximum Gasteiger partial charge on any atom is 0.118 e. The first-order chi connectivity index (χ1) is 9.10. The fourth-order valence-electron chi connectivity index (χ4n) is 1.89. The quantitative estimate of drug-likeness (QED) is 0.869. The lowest BCUT2D eigenvalue weighted by Crippen LogP contribution is -2.26. The van der Waals surface area contributed by atoms with Gasteiger partial charge in [0.2, 0.25) is 0 Å². The molecule has 0 saturated carbocycles. The monoisotopic (exact) mass is 256 g/mol. The van der Waals surface area contributed by atoms with Gasteiger partial charge in [-0.15, -0.1) is 0 Å². The minimum atomic E-state index is 0.874. The van der Waals surface area contributed by atoms with Gasteiger partial charge in [-0.3, -0.25) is 0 Å². The predicted molar refractivity (Wildman–Crippen MR) is 79.4 cm³/mol. The summed E-state index contributed by atoms with van der Waals surface area (Å²) in [4.78, 5) is 0. The number of nitrogens with one attached hydrogen (secondary N) is 2. The molecular formula is C16H20N2O. The number of hydrogen-bond donors (Lipinski definition) is 2. The van der Waals surface area contributed by atoms with Crippen molar-refractivity contribution in [3.05, 3.63) is 58.7 Å². The van der Waals surface area contributed by atoms with Gasteiger partial charge in [0.15, 0.2) is 0 Å². The summed E-state index contributed by atoms with van der Waals surface area (Å²) in [6.45, 7) is 6.20. The molecule has 0 amide bonds. The third-order valence-corrected chi connectivity index (χ3v) is 3.22. The smallest absolute Gasteiger partial charge is 0.118 e. The Balaban J connectivity index is 2.12. The summed E-state index contributed by atoms with van der Waals surface area (Å²) in [5.41, 5.74) is 5.69. The molecule has 0 spiro atoms. The van der Waals surface area contributed by atoms with Gasteiger partial charge in [-0.2, -0.15) is 0 Å². The normalized spacial score (nSPS) is 15.6. The molecule has 1 heterocycles. The number of ether oxygens (including phenoxy) is 1. The second-order valence-electron chi connectivity index (χ2n) is 4.65. The Kier molecular flexibility index (Phi) is 3.95. The van der Waals surface area contributed by atoms with Crippen LogP contribution in [0.3, 0.4) is 0 Å². The number of rotatable bonds is 3. The molecule has 3 heteroatoms. The number of allylic oxidation sites excluding steroid dienone is 4. The first kappa shape index (κ1) is 13.3. The van der Waals surface area contributed by atoms with Gasteiger partial charge in [0.1, 0.15) is 5.75 Å². The van der Waals surface area contributed by atoms with Crippen LogP contribution in [0.1, 0.15) is 26.3 Å². The molecule has 0 unspecified atom stereocenters. The van der Waals surface area contributed by atoms with Crippen molar-refractivity contribution in [3.63, 3.8) is 0 Å². The highest BCUT2D eigenvalue weighted by Gasteiger charge is 2.08. The molecule has 0 aliphatic carbocycles. The minimum absolute atomic E-state index is 0.874. The molecule has 0 bridgehead atoms. The molecule has 0 radical (unpaired) electrons. The Morgan fingerprint density at radius 3 is 2.11 bits per heavy atom. The van der Waals surface area contributed by atoms with Gasteiger partial charge in [0, 0.05) is 17.1 Å². The van der Waals surface area contributed by atoms with Crippen LogP contribution >= 0.6 is 0 Å². The van der Waals surface area contributed by atoms with E-state index in [0.717, 1.165) is 28.4 Å². The zero-order valence-electron chi connectivity index (χ0n) is 11.9. The molecular weight excluding hydrogens is 236 g/mol. The van der Waals surface area contributed by atoms with Crippen molar-refractivity contribution in [2.24, 2.45) is 0 Å². The second kappa shape index (κ2) is 5.65. The lowest BCUT2D eigenvalue weighted by atomic mass is 10.1. The Bertz CT molecular complexity index is 551.